The number of hydrogen-bond acceptors (Lipinski definition) is 3. The highest BCUT2D eigenvalue weighted by Crippen LogP contribution is 2.17. The van der Waals surface area contributed by atoms with E-state index in [-0.39, 0.29) is 5.56 Å². The van der Waals surface area contributed by atoms with Gasteiger partial charge in [-0.3, -0.25) is 4.79 Å². The minimum Gasteiger partial charge on any atom is -0.301 e. The number of aromatic nitrogens is 2. The van der Waals surface area contributed by atoms with E-state index in [0.717, 1.165) is 5.56 Å². The van der Waals surface area contributed by atoms with Crippen molar-refractivity contribution in [2.45, 2.75) is 11.6 Å². The van der Waals surface area contributed by atoms with Gasteiger partial charge in [-0.2, -0.15) is 0 Å². The van der Waals surface area contributed by atoms with Gasteiger partial charge < -0.3 is 4.98 Å². The molecule has 1 aromatic heterocycles. The van der Waals surface area contributed by atoms with E-state index >= 15 is 0 Å². The highest BCUT2D eigenvalue weighted by Gasteiger charge is 2.05. The summed E-state index contributed by atoms with van der Waals surface area (Å²) in [6.07, 6.45) is 3.97. The van der Waals surface area contributed by atoms with Crippen molar-refractivity contribution in [2.75, 3.05) is 6.26 Å². The molecule has 0 spiro atoms. The molecule has 0 amide bonds. The van der Waals surface area contributed by atoms with Crippen molar-refractivity contribution >= 4 is 23.4 Å². The van der Waals surface area contributed by atoms with Gasteiger partial charge in [0.1, 0.15) is 0 Å². The molecule has 5 heteroatoms. The standard InChI is InChI=1S/C12H11ClN2OS/c1-17-12-14-7-9(11(16)15-12)6-8-4-2-3-5-10(8)13/h2-5,7H,6H2,1H3,(H,14,15,16). The van der Waals surface area contributed by atoms with E-state index < -0.39 is 0 Å². The Bertz CT molecular complexity index is 583. The van der Waals surface area contributed by atoms with Crippen LogP contribution in [0.15, 0.2) is 40.4 Å². The maximum atomic E-state index is 11.8. The molecule has 0 aliphatic carbocycles. The van der Waals surface area contributed by atoms with E-state index in [1.807, 2.05) is 30.5 Å². The first-order valence-electron chi connectivity index (χ1n) is 5.06. The molecule has 2 aromatic rings. The minimum atomic E-state index is -0.107. The summed E-state index contributed by atoms with van der Waals surface area (Å²) in [5.74, 6) is 0. The molecule has 3 nitrogen and oxygen atoms in total. The van der Waals surface area contributed by atoms with Gasteiger partial charge in [-0.05, 0) is 17.9 Å². The van der Waals surface area contributed by atoms with Crippen LogP contribution in [-0.4, -0.2) is 16.2 Å². The lowest BCUT2D eigenvalue weighted by Gasteiger charge is -2.03. The monoisotopic (exact) mass is 266 g/mol. The number of nitrogens with zero attached hydrogens (tertiary/aromatic N) is 1. The fourth-order valence-corrected chi connectivity index (χ4v) is 2.04. The second-order valence-electron chi connectivity index (χ2n) is 3.52. The van der Waals surface area contributed by atoms with Crippen LogP contribution in [0.4, 0.5) is 0 Å². The second-order valence-corrected chi connectivity index (χ2v) is 4.72. The van der Waals surface area contributed by atoms with E-state index in [0.29, 0.717) is 22.2 Å². The summed E-state index contributed by atoms with van der Waals surface area (Å²) >= 11 is 7.46. The zero-order valence-electron chi connectivity index (χ0n) is 9.24. The van der Waals surface area contributed by atoms with Crippen LogP contribution in [0, 0.1) is 0 Å². The van der Waals surface area contributed by atoms with Crippen LogP contribution in [-0.2, 0) is 6.42 Å². The molecule has 0 aliphatic rings. The molecule has 0 radical (unpaired) electrons. The average Bonchev–Trinajstić information content (AvgIpc) is 2.34. The van der Waals surface area contributed by atoms with Crippen molar-refractivity contribution in [3.63, 3.8) is 0 Å². The van der Waals surface area contributed by atoms with Gasteiger partial charge in [-0.1, -0.05) is 41.6 Å². The molecule has 1 N–H and O–H groups in total. The van der Waals surface area contributed by atoms with Gasteiger partial charge >= 0.3 is 0 Å². The number of nitrogens with one attached hydrogen (secondary N) is 1. The number of halogens is 1. The van der Waals surface area contributed by atoms with Crippen LogP contribution < -0.4 is 5.56 Å². The Kier molecular flexibility index (Phi) is 3.86. The Labute approximate surface area is 108 Å². The fourth-order valence-electron chi connectivity index (χ4n) is 1.48. The van der Waals surface area contributed by atoms with Crippen LogP contribution in [0.2, 0.25) is 5.02 Å². The molecule has 0 unspecified atom stereocenters. The van der Waals surface area contributed by atoms with Crippen LogP contribution >= 0.6 is 23.4 Å². The lowest BCUT2D eigenvalue weighted by atomic mass is 10.1. The van der Waals surface area contributed by atoms with E-state index in [2.05, 4.69) is 9.97 Å². The molecule has 0 saturated heterocycles. The van der Waals surface area contributed by atoms with Crippen LogP contribution in [0.3, 0.4) is 0 Å². The second kappa shape index (κ2) is 5.38. The smallest absolute Gasteiger partial charge is 0.255 e. The van der Waals surface area contributed by atoms with Crippen molar-refractivity contribution in [3.05, 3.63) is 57.0 Å². The van der Waals surface area contributed by atoms with Gasteiger partial charge in [0.2, 0.25) is 0 Å². The van der Waals surface area contributed by atoms with Crippen LogP contribution in [0.25, 0.3) is 0 Å². The van der Waals surface area contributed by atoms with Crippen molar-refractivity contribution in [1.29, 1.82) is 0 Å². The summed E-state index contributed by atoms with van der Waals surface area (Å²) in [6.45, 7) is 0. The predicted molar refractivity (Wildman–Crippen MR) is 70.9 cm³/mol. The molecule has 0 fully saturated rings. The third-order valence-electron chi connectivity index (χ3n) is 2.38. The Balaban J connectivity index is 2.31. The molecule has 2 rings (SSSR count). The first-order valence-corrected chi connectivity index (χ1v) is 6.66. The maximum absolute atomic E-state index is 11.8. The van der Waals surface area contributed by atoms with E-state index in [9.17, 15) is 4.79 Å². The van der Waals surface area contributed by atoms with Crippen molar-refractivity contribution in [3.8, 4) is 0 Å². The summed E-state index contributed by atoms with van der Waals surface area (Å²) in [4.78, 5) is 18.6. The number of rotatable bonds is 3. The zero-order valence-corrected chi connectivity index (χ0v) is 10.8. The number of hydrogen-bond donors (Lipinski definition) is 1. The Morgan fingerprint density at radius 2 is 2.12 bits per heavy atom. The molecule has 88 valence electrons. The molecule has 1 heterocycles. The lowest BCUT2D eigenvalue weighted by Crippen LogP contribution is -2.14. The van der Waals surface area contributed by atoms with Gasteiger partial charge in [-0.25, -0.2) is 4.98 Å². The van der Waals surface area contributed by atoms with Crippen LogP contribution in [0.1, 0.15) is 11.1 Å². The minimum absolute atomic E-state index is 0.107. The van der Waals surface area contributed by atoms with Gasteiger partial charge in [0.05, 0.1) is 0 Å². The SMILES string of the molecule is CSc1ncc(Cc2ccccc2Cl)c(=O)[nH]1. The first kappa shape index (κ1) is 12.2. The quantitative estimate of drug-likeness (QED) is 0.686. The molecule has 0 atom stereocenters. The third-order valence-corrected chi connectivity index (χ3v) is 3.34. The van der Waals surface area contributed by atoms with Crippen LogP contribution in [0.5, 0.6) is 0 Å². The van der Waals surface area contributed by atoms with Gasteiger partial charge in [0.25, 0.3) is 5.56 Å². The highest BCUT2D eigenvalue weighted by atomic mass is 35.5. The molecule has 0 saturated carbocycles. The molecule has 17 heavy (non-hydrogen) atoms. The van der Waals surface area contributed by atoms with E-state index in [1.54, 1.807) is 6.20 Å². The molecular weight excluding hydrogens is 256 g/mol. The number of aromatic amines is 1. The maximum Gasteiger partial charge on any atom is 0.255 e. The topological polar surface area (TPSA) is 45.8 Å². The number of thioether (sulfide) groups is 1. The number of benzene rings is 1. The van der Waals surface area contributed by atoms with Gasteiger partial charge in [0.15, 0.2) is 5.16 Å². The van der Waals surface area contributed by atoms with Crippen molar-refractivity contribution < 1.29 is 0 Å². The predicted octanol–water partition coefficient (Wildman–Crippen LogP) is 2.74. The zero-order chi connectivity index (χ0) is 12.3. The lowest BCUT2D eigenvalue weighted by molar-refractivity contribution is 0.902. The normalized spacial score (nSPS) is 10.5. The summed E-state index contributed by atoms with van der Waals surface area (Å²) in [6, 6.07) is 7.49. The number of H-pyrrole nitrogens is 1. The Morgan fingerprint density at radius 1 is 1.35 bits per heavy atom. The van der Waals surface area contributed by atoms with Gasteiger partial charge in [-0.15, -0.1) is 0 Å². The molecular formula is C12H11ClN2OS. The van der Waals surface area contributed by atoms with E-state index in [4.69, 9.17) is 11.6 Å². The first-order chi connectivity index (χ1) is 8.20. The average molecular weight is 267 g/mol. The molecule has 0 aliphatic heterocycles. The fraction of sp³-hybridized carbons (Fsp3) is 0.167. The van der Waals surface area contributed by atoms with E-state index in [1.165, 1.54) is 11.8 Å². The summed E-state index contributed by atoms with van der Waals surface area (Å²) in [5, 5.41) is 1.29. The Morgan fingerprint density at radius 3 is 2.76 bits per heavy atom. The third kappa shape index (κ3) is 2.90. The summed E-state index contributed by atoms with van der Waals surface area (Å²) in [5.41, 5.74) is 1.44. The largest absolute Gasteiger partial charge is 0.301 e. The summed E-state index contributed by atoms with van der Waals surface area (Å²) < 4.78 is 0. The highest BCUT2D eigenvalue weighted by molar-refractivity contribution is 7.98. The molecule has 0 bridgehead atoms. The van der Waals surface area contributed by atoms with Crippen molar-refractivity contribution in [1.82, 2.24) is 9.97 Å². The molecule has 1 aromatic carbocycles. The van der Waals surface area contributed by atoms with Gasteiger partial charge in [0, 0.05) is 23.2 Å². The Hall–Kier alpha value is -1.26. The van der Waals surface area contributed by atoms with Crippen molar-refractivity contribution in [2.24, 2.45) is 0 Å². The summed E-state index contributed by atoms with van der Waals surface area (Å²) in [7, 11) is 0.